The molecule has 5 nitrogen and oxygen atoms in total. The van der Waals surface area contributed by atoms with Gasteiger partial charge in [-0.15, -0.1) is 0 Å². The number of hydrogen-bond donors (Lipinski definition) is 1. The van der Waals surface area contributed by atoms with Crippen LogP contribution < -0.4 is 5.73 Å². The monoisotopic (exact) mass is 190 g/mol. The molecule has 5 heteroatoms. The molecule has 0 aliphatic carbocycles. The zero-order chi connectivity index (χ0) is 10.6. The summed E-state index contributed by atoms with van der Waals surface area (Å²) in [5.74, 6) is 0. The number of anilines is 1. The van der Waals surface area contributed by atoms with Crippen LogP contribution in [-0.4, -0.2) is 6.29 Å². The van der Waals surface area contributed by atoms with Crippen LogP contribution in [-0.2, 0) is 6.54 Å². The first-order valence-corrected chi connectivity index (χ1v) is 4.04. The largest absolute Gasteiger partial charge is 0.399 e. The van der Waals surface area contributed by atoms with Crippen molar-refractivity contribution in [2.24, 2.45) is 5.11 Å². The van der Waals surface area contributed by atoms with Crippen LogP contribution in [0.5, 0.6) is 0 Å². The summed E-state index contributed by atoms with van der Waals surface area (Å²) >= 11 is 0. The summed E-state index contributed by atoms with van der Waals surface area (Å²) in [6.45, 7) is 2.01. The summed E-state index contributed by atoms with van der Waals surface area (Å²) in [5.41, 5.74) is 16.4. The fourth-order valence-electron chi connectivity index (χ4n) is 1.22. The molecule has 1 rings (SSSR count). The van der Waals surface area contributed by atoms with E-state index in [-0.39, 0.29) is 6.54 Å². The van der Waals surface area contributed by atoms with Crippen molar-refractivity contribution >= 4 is 12.0 Å². The normalized spacial score (nSPS) is 9.21. The molecular weight excluding hydrogens is 180 g/mol. The third kappa shape index (κ3) is 2.02. The number of azide groups is 1. The van der Waals surface area contributed by atoms with Gasteiger partial charge in [-0.3, -0.25) is 4.79 Å². The lowest BCUT2D eigenvalue weighted by molar-refractivity contribution is 0.112. The molecule has 2 N–H and O–H groups in total. The number of nitrogen functional groups attached to an aromatic ring is 1. The van der Waals surface area contributed by atoms with Crippen LogP contribution in [0, 0.1) is 6.92 Å². The van der Waals surface area contributed by atoms with Crippen LogP contribution in [0.1, 0.15) is 21.5 Å². The van der Waals surface area contributed by atoms with E-state index >= 15 is 0 Å². The number of nitrogens with zero attached hydrogens (tertiary/aromatic N) is 3. The van der Waals surface area contributed by atoms with Gasteiger partial charge in [-0.05, 0) is 35.7 Å². The quantitative estimate of drug-likeness (QED) is 0.260. The van der Waals surface area contributed by atoms with Crippen molar-refractivity contribution in [1.82, 2.24) is 0 Å². The molecule has 0 aliphatic rings. The molecule has 1 aromatic rings. The molecule has 1 aromatic carbocycles. The summed E-state index contributed by atoms with van der Waals surface area (Å²) < 4.78 is 0. The number of benzene rings is 1. The molecule has 0 bridgehead atoms. The van der Waals surface area contributed by atoms with Crippen LogP contribution in [0.2, 0.25) is 0 Å². The molecule has 0 aliphatic heterocycles. The number of hydrogen-bond acceptors (Lipinski definition) is 3. The van der Waals surface area contributed by atoms with Crippen LogP contribution in [0.3, 0.4) is 0 Å². The van der Waals surface area contributed by atoms with Gasteiger partial charge in [0.2, 0.25) is 0 Å². The van der Waals surface area contributed by atoms with E-state index in [4.69, 9.17) is 11.3 Å². The average Bonchev–Trinajstić information content (AvgIpc) is 2.18. The second-order valence-corrected chi connectivity index (χ2v) is 2.90. The van der Waals surface area contributed by atoms with E-state index in [0.29, 0.717) is 11.3 Å². The predicted octanol–water partition coefficient (Wildman–Crippen LogP) is 2.20. The number of carbonyl (C=O) groups is 1. The average molecular weight is 190 g/mol. The first-order valence-electron chi connectivity index (χ1n) is 4.04. The van der Waals surface area contributed by atoms with Gasteiger partial charge in [-0.25, -0.2) is 0 Å². The Balaban J connectivity index is 3.20. The van der Waals surface area contributed by atoms with E-state index in [0.717, 1.165) is 17.4 Å². The Kier molecular flexibility index (Phi) is 3.09. The Bertz CT molecular complexity index is 408. The molecule has 0 spiro atoms. The molecule has 0 fully saturated rings. The summed E-state index contributed by atoms with van der Waals surface area (Å²) in [6, 6.07) is 3.30. The first kappa shape index (κ1) is 10.1. The maximum atomic E-state index is 10.6. The number of carbonyl (C=O) groups excluding carboxylic acids is 1. The summed E-state index contributed by atoms with van der Waals surface area (Å²) in [6.07, 6.45) is 0.741. The van der Waals surface area contributed by atoms with Crippen molar-refractivity contribution in [3.8, 4) is 0 Å². The molecule has 0 saturated carbocycles. The second-order valence-electron chi connectivity index (χ2n) is 2.90. The van der Waals surface area contributed by atoms with Crippen molar-refractivity contribution < 1.29 is 4.79 Å². The van der Waals surface area contributed by atoms with E-state index in [1.54, 1.807) is 19.1 Å². The highest BCUT2D eigenvalue weighted by molar-refractivity contribution is 5.80. The van der Waals surface area contributed by atoms with E-state index in [1.165, 1.54) is 0 Å². The lowest BCUT2D eigenvalue weighted by atomic mass is 10.0. The molecule has 0 unspecified atom stereocenters. The summed E-state index contributed by atoms with van der Waals surface area (Å²) in [5, 5.41) is 3.43. The molecule has 0 atom stereocenters. The Morgan fingerprint density at radius 3 is 2.93 bits per heavy atom. The van der Waals surface area contributed by atoms with Crippen LogP contribution >= 0.6 is 0 Å². The lowest BCUT2D eigenvalue weighted by Gasteiger charge is -2.06. The van der Waals surface area contributed by atoms with Gasteiger partial charge in [0.05, 0.1) is 6.54 Å². The topological polar surface area (TPSA) is 91.9 Å². The van der Waals surface area contributed by atoms with Gasteiger partial charge >= 0.3 is 0 Å². The molecular formula is C9H10N4O. The van der Waals surface area contributed by atoms with Crippen molar-refractivity contribution in [3.63, 3.8) is 0 Å². The number of rotatable bonds is 3. The summed E-state index contributed by atoms with van der Waals surface area (Å²) in [4.78, 5) is 13.3. The standard InChI is InChI=1S/C9H10N4O/c1-6-7(4-12-13-11)2-9(10)3-8(6)5-14/h2-3,5H,4,10H2,1H3. The molecule has 0 aromatic heterocycles. The maximum absolute atomic E-state index is 10.6. The lowest BCUT2D eigenvalue weighted by Crippen LogP contribution is -1.97. The molecule has 72 valence electrons. The zero-order valence-corrected chi connectivity index (χ0v) is 7.77. The SMILES string of the molecule is Cc1c(C=O)cc(N)cc1CN=[N+]=[N-]. The van der Waals surface area contributed by atoms with Crippen molar-refractivity contribution in [2.45, 2.75) is 13.5 Å². The predicted molar refractivity (Wildman–Crippen MR) is 53.8 cm³/mol. The van der Waals surface area contributed by atoms with Gasteiger partial charge in [0, 0.05) is 16.2 Å². The van der Waals surface area contributed by atoms with Gasteiger partial charge in [-0.1, -0.05) is 5.11 Å². The van der Waals surface area contributed by atoms with Gasteiger partial charge in [0.25, 0.3) is 0 Å². The molecule has 14 heavy (non-hydrogen) atoms. The first-order chi connectivity index (χ1) is 6.69. The Morgan fingerprint density at radius 1 is 1.64 bits per heavy atom. The van der Waals surface area contributed by atoms with Crippen LogP contribution in [0.4, 0.5) is 5.69 Å². The minimum atomic E-state index is 0.216. The highest BCUT2D eigenvalue weighted by Crippen LogP contribution is 2.18. The summed E-state index contributed by atoms with van der Waals surface area (Å²) in [7, 11) is 0. The number of aldehydes is 1. The highest BCUT2D eigenvalue weighted by Gasteiger charge is 2.04. The van der Waals surface area contributed by atoms with Gasteiger partial charge in [0.1, 0.15) is 6.29 Å². The Labute approximate surface area is 81.2 Å². The van der Waals surface area contributed by atoms with Crippen LogP contribution in [0.25, 0.3) is 10.4 Å². The minimum absolute atomic E-state index is 0.216. The third-order valence-electron chi connectivity index (χ3n) is 2.01. The third-order valence-corrected chi connectivity index (χ3v) is 2.01. The smallest absolute Gasteiger partial charge is 0.150 e. The fraction of sp³-hybridized carbons (Fsp3) is 0.222. The Morgan fingerprint density at radius 2 is 2.36 bits per heavy atom. The van der Waals surface area contributed by atoms with E-state index < -0.39 is 0 Å². The van der Waals surface area contributed by atoms with Crippen molar-refractivity contribution in [2.75, 3.05) is 5.73 Å². The fourth-order valence-corrected chi connectivity index (χ4v) is 1.22. The highest BCUT2D eigenvalue weighted by atomic mass is 16.1. The molecule has 0 saturated heterocycles. The zero-order valence-electron chi connectivity index (χ0n) is 7.77. The maximum Gasteiger partial charge on any atom is 0.150 e. The van der Waals surface area contributed by atoms with E-state index in [1.807, 2.05) is 0 Å². The molecule has 0 radical (unpaired) electrons. The van der Waals surface area contributed by atoms with E-state index in [2.05, 4.69) is 10.0 Å². The van der Waals surface area contributed by atoms with Gasteiger partial charge < -0.3 is 5.73 Å². The molecule has 0 amide bonds. The molecule has 0 heterocycles. The van der Waals surface area contributed by atoms with E-state index in [9.17, 15) is 4.79 Å². The van der Waals surface area contributed by atoms with Crippen molar-refractivity contribution in [3.05, 3.63) is 39.3 Å². The Hall–Kier alpha value is -2.00. The van der Waals surface area contributed by atoms with Crippen molar-refractivity contribution in [1.29, 1.82) is 0 Å². The second kappa shape index (κ2) is 4.30. The number of nitrogens with two attached hydrogens (primary N) is 1. The van der Waals surface area contributed by atoms with Gasteiger partial charge in [-0.2, -0.15) is 0 Å². The minimum Gasteiger partial charge on any atom is -0.399 e. The van der Waals surface area contributed by atoms with Gasteiger partial charge in [0.15, 0.2) is 0 Å². The van der Waals surface area contributed by atoms with Crippen LogP contribution in [0.15, 0.2) is 17.2 Å².